The second kappa shape index (κ2) is 30.1. The van der Waals surface area contributed by atoms with Crippen molar-refractivity contribution in [3.8, 4) is 11.4 Å². The fraction of sp³-hybridized carbons (Fsp3) is 0.435. The third kappa shape index (κ3) is 20.0. The number of anilines is 5. The molecular formula is C46H66B2BrF9N13O3S. The van der Waals surface area contributed by atoms with E-state index in [1.807, 2.05) is 35.8 Å². The van der Waals surface area contributed by atoms with Gasteiger partial charge in [0, 0.05) is 60.9 Å². The Balaban J connectivity index is 0. The Morgan fingerprint density at radius 2 is 1.24 bits per heavy atom. The summed E-state index contributed by atoms with van der Waals surface area (Å²) in [5, 5.41) is 4.62. The van der Waals surface area contributed by atoms with Crippen LogP contribution in [0.2, 0.25) is 0 Å². The molecule has 16 nitrogen and oxygen atoms in total. The van der Waals surface area contributed by atoms with Gasteiger partial charge in [-0.25, -0.2) is 29.4 Å². The van der Waals surface area contributed by atoms with E-state index < -0.39 is 53.5 Å². The predicted molar refractivity (Wildman–Crippen MR) is 288 cm³/mol. The van der Waals surface area contributed by atoms with Gasteiger partial charge in [0.25, 0.3) is 0 Å². The molecule has 415 valence electrons. The summed E-state index contributed by atoms with van der Waals surface area (Å²) in [5.74, 6) is 1.62. The van der Waals surface area contributed by atoms with Gasteiger partial charge in [-0.1, -0.05) is 43.5 Å². The zero-order valence-corrected chi connectivity index (χ0v) is 41.4. The molecule has 0 spiro atoms. The number of thiol groups is 1. The molecule has 0 amide bonds. The van der Waals surface area contributed by atoms with Crippen LogP contribution in [0.5, 0.6) is 0 Å². The number of rotatable bonds is 3. The first-order chi connectivity index (χ1) is 33.4. The van der Waals surface area contributed by atoms with Gasteiger partial charge in [-0.05, 0) is 98.6 Å². The zero-order valence-electron chi connectivity index (χ0n) is 39.9. The van der Waals surface area contributed by atoms with Crippen LogP contribution in [0.25, 0.3) is 16.9 Å². The number of aryl methyl sites for hydroxylation is 1. The zero-order chi connectivity index (χ0) is 54.4. The van der Waals surface area contributed by atoms with E-state index in [-0.39, 0.29) is 57.1 Å². The molecule has 0 aliphatic carbocycles. The fourth-order valence-corrected chi connectivity index (χ4v) is 6.48. The molecule has 6 aromatic rings. The van der Waals surface area contributed by atoms with E-state index >= 15 is 0 Å². The molecule has 0 aromatic carbocycles. The molecule has 2 aliphatic rings. The van der Waals surface area contributed by atoms with Crippen molar-refractivity contribution in [1.29, 1.82) is 0 Å². The number of morpholine rings is 1. The Kier molecular flexibility index (Phi) is 27.8. The summed E-state index contributed by atoms with van der Waals surface area (Å²) in [7, 11) is 3.22. The molecule has 8 N–H and O–H groups in total. The van der Waals surface area contributed by atoms with Crippen molar-refractivity contribution in [2.75, 3.05) is 54.1 Å². The molecule has 1 radical (unpaired) electrons. The first kappa shape index (κ1) is 69.2. The standard InChI is InChI=1S/C16H18N6O.C12H16BF3N2O2.C6H4BrF3N2.C6H5F3N2.C2H6.4CH4.BHNS/c1-11-9-14(17)18-10-12(11)15-19-16(21-5-7-23-8-6-21)13-3-2-4-22(13)20-15;1-10(2)11(3,4)20-13(19-10)8-6-18-9(17)5-7(8)12(14,15)16;7-4-2-12-5(11)1-3(4)6(8,9)10;7-6(8,9)4-1-2-11-5(10)3-4;1-2;;;;;1-2-3/h2-4,9-10H,5-8H2,1H3,(H2,17,18);5-6H,1-4H3,(H2,17,18);1-2H,(H2,11,12);1-3H,(H2,10,11);1-2H3;4*1H4;3H/i;;;;1D;;;;;. The summed E-state index contributed by atoms with van der Waals surface area (Å²) >= 11 is 5.92. The topological polar surface area (TPSA) is 229 Å². The van der Waals surface area contributed by atoms with E-state index in [1.165, 1.54) is 0 Å². The van der Waals surface area contributed by atoms with Crippen molar-refractivity contribution in [2.24, 2.45) is 4.30 Å². The van der Waals surface area contributed by atoms with Crippen molar-refractivity contribution < 1.29 is 54.9 Å². The molecule has 75 heavy (non-hydrogen) atoms. The first-order valence-corrected chi connectivity index (χ1v) is 21.8. The molecule has 29 heteroatoms. The summed E-state index contributed by atoms with van der Waals surface area (Å²) in [6.07, 6.45) is -6.50. The number of hydrogen-bond acceptors (Lipinski definition) is 16. The van der Waals surface area contributed by atoms with Gasteiger partial charge < -0.3 is 41.9 Å². The Hall–Kier alpha value is -5.77. The molecule has 2 saturated heterocycles. The minimum atomic E-state index is -4.55. The Bertz CT molecular complexity index is 2710. The molecule has 2 aliphatic heterocycles. The Morgan fingerprint density at radius 3 is 1.71 bits per heavy atom. The van der Waals surface area contributed by atoms with Crippen LogP contribution in [0.3, 0.4) is 0 Å². The molecule has 8 heterocycles. The second-order valence-electron chi connectivity index (χ2n) is 15.6. The number of hydrogen-bond donors (Lipinski definition) is 5. The van der Waals surface area contributed by atoms with Crippen LogP contribution in [0.1, 0.15) is 94.8 Å². The molecule has 2 fully saturated rings. The quantitative estimate of drug-likeness (QED) is 0.0631. The summed E-state index contributed by atoms with van der Waals surface area (Å²) in [4.78, 5) is 21.9. The predicted octanol–water partition coefficient (Wildman–Crippen LogP) is 11.4. The monoisotopic (exact) mass is 1150 g/mol. The maximum atomic E-state index is 13.1. The van der Waals surface area contributed by atoms with Crippen LogP contribution in [0, 0.1) is 6.92 Å². The number of aromatic nitrogens is 7. The average Bonchev–Trinajstić information content (AvgIpc) is 3.84. The number of alkyl halides is 9. The number of fused-ring (bicyclic) bond motifs is 1. The van der Waals surface area contributed by atoms with E-state index in [4.69, 9.17) is 43.3 Å². The second-order valence-corrected chi connectivity index (χ2v) is 16.7. The Morgan fingerprint density at radius 1 is 0.760 bits per heavy atom. The van der Waals surface area contributed by atoms with Gasteiger partial charge in [0.05, 0.1) is 41.1 Å². The third-order valence-corrected chi connectivity index (χ3v) is 10.7. The SMILES string of the molecule is C.C.C.C.CC1(C)OB(c2cnc(N)cc2C(F)(F)F)OC1(C)C.Cc1cc(N)ncc1-c1nc(N2CCOCC2)c2cccn2n1.Nc1cc(C(F)(F)F)c(Br)cn1.Nc1cc(C(F)(F)F)ccn1.[2H]CC.[B]=NS. The van der Waals surface area contributed by atoms with Crippen LogP contribution >= 0.6 is 28.7 Å². The van der Waals surface area contributed by atoms with Crippen molar-refractivity contribution in [3.63, 3.8) is 0 Å². The van der Waals surface area contributed by atoms with E-state index in [9.17, 15) is 39.5 Å². The van der Waals surface area contributed by atoms with E-state index in [0.717, 1.165) is 78.4 Å². The molecule has 0 saturated carbocycles. The average molecular weight is 1150 g/mol. The van der Waals surface area contributed by atoms with Crippen molar-refractivity contribution in [2.45, 2.75) is 108 Å². The van der Waals surface area contributed by atoms with Crippen LogP contribution < -0.4 is 33.3 Å². The third-order valence-electron chi connectivity index (χ3n) is 10.1. The van der Waals surface area contributed by atoms with E-state index in [1.54, 1.807) is 40.8 Å². The number of nitrogens with two attached hydrogens (primary N) is 4. The van der Waals surface area contributed by atoms with Gasteiger partial charge in [0.2, 0.25) is 0 Å². The van der Waals surface area contributed by atoms with Gasteiger partial charge in [0.15, 0.2) is 11.6 Å². The minimum absolute atomic E-state index is 0. The summed E-state index contributed by atoms with van der Waals surface area (Å²) in [6, 6.07) is 9.09. The van der Waals surface area contributed by atoms with Crippen LogP contribution in [-0.2, 0) is 32.6 Å². The van der Waals surface area contributed by atoms with Crippen molar-refractivity contribution in [3.05, 3.63) is 100 Å². The van der Waals surface area contributed by atoms with Gasteiger partial charge in [-0.2, -0.15) is 39.5 Å². The summed E-state index contributed by atoms with van der Waals surface area (Å²) in [5.41, 5.74) is 20.0. The number of ether oxygens (including phenoxy) is 1. The molecule has 0 atom stereocenters. The molecule has 6 aromatic heterocycles. The molecule has 0 unspecified atom stereocenters. The van der Waals surface area contributed by atoms with E-state index in [0.29, 0.717) is 31.8 Å². The van der Waals surface area contributed by atoms with Gasteiger partial charge in [0.1, 0.15) is 28.8 Å². The molecular weight excluding hydrogens is 1090 g/mol. The number of pyridine rings is 4. The van der Waals surface area contributed by atoms with Crippen LogP contribution in [-0.4, -0.2) is 86.8 Å². The Labute approximate surface area is 449 Å². The number of halogens is 10. The molecule has 8 rings (SSSR count). The number of nitrogens with zero attached hydrogens (tertiary/aromatic N) is 9. The maximum absolute atomic E-state index is 13.1. The fourth-order valence-electron chi connectivity index (χ4n) is 6.03. The van der Waals surface area contributed by atoms with Gasteiger partial charge in [-0.3, -0.25) is 0 Å². The normalized spacial score (nSPS) is 14.3. The van der Waals surface area contributed by atoms with E-state index in [2.05, 4.69) is 70.6 Å². The summed E-state index contributed by atoms with van der Waals surface area (Å²) < 4.78 is 139. The van der Waals surface area contributed by atoms with Gasteiger partial charge in [-0.15, -0.1) is 5.10 Å². The summed E-state index contributed by atoms with van der Waals surface area (Å²) in [6.45, 7) is 14.5. The molecule has 0 bridgehead atoms. The number of nitrogen functional groups attached to an aromatic ring is 4. The van der Waals surface area contributed by atoms with Gasteiger partial charge >= 0.3 is 50.4 Å². The van der Waals surface area contributed by atoms with Crippen molar-refractivity contribution >= 4 is 83.6 Å². The van der Waals surface area contributed by atoms with Crippen molar-refractivity contribution in [1.82, 2.24) is 34.5 Å². The van der Waals surface area contributed by atoms with Crippen LogP contribution in [0.15, 0.2) is 82.2 Å². The van der Waals surface area contributed by atoms with Crippen LogP contribution in [0.4, 0.5) is 68.6 Å². The first-order valence-electron chi connectivity index (χ1n) is 21.3.